The van der Waals surface area contributed by atoms with E-state index in [1.54, 1.807) is 14.2 Å². The number of methoxy groups -OCH3 is 2. The third-order valence-corrected chi connectivity index (χ3v) is 4.41. The lowest BCUT2D eigenvalue weighted by Crippen LogP contribution is -2.20. The summed E-state index contributed by atoms with van der Waals surface area (Å²) in [7, 11) is 3.30. The van der Waals surface area contributed by atoms with E-state index in [4.69, 9.17) is 9.47 Å². The van der Waals surface area contributed by atoms with Crippen molar-refractivity contribution in [3.8, 4) is 11.5 Å². The zero-order valence-electron chi connectivity index (χ0n) is 13.9. The van der Waals surface area contributed by atoms with Gasteiger partial charge in [-0.25, -0.2) is 0 Å². The monoisotopic (exact) mass is 377 g/mol. The number of hydrogen-bond donors (Lipinski definition) is 1. The van der Waals surface area contributed by atoms with E-state index in [1.807, 2.05) is 6.07 Å². The molecule has 1 unspecified atom stereocenters. The second-order valence-corrected chi connectivity index (χ2v) is 6.30. The van der Waals surface area contributed by atoms with E-state index >= 15 is 0 Å². The van der Waals surface area contributed by atoms with Gasteiger partial charge in [0.15, 0.2) is 11.5 Å². The zero-order chi connectivity index (χ0) is 16.7. The van der Waals surface area contributed by atoms with Crippen molar-refractivity contribution in [2.75, 3.05) is 14.2 Å². The molecule has 4 heteroatoms. The Kier molecular flexibility index (Phi) is 6.93. The minimum atomic E-state index is 0.355. The third-order valence-electron chi connectivity index (χ3n) is 3.83. The van der Waals surface area contributed by atoms with Crippen LogP contribution in [0.2, 0.25) is 0 Å². The largest absolute Gasteiger partial charge is 0.493 e. The van der Waals surface area contributed by atoms with Gasteiger partial charge in [0.2, 0.25) is 0 Å². The van der Waals surface area contributed by atoms with Crippen LogP contribution in [0.25, 0.3) is 0 Å². The molecule has 2 rings (SSSR count). The van der Waals surface area contributed by atoms with Gasteiger partial charge in [-0.05, 0) is 45.6 Å². The first-order valence-corrected chi connectivity index (χ1v) is 8.67. The maximum atomic E-state index is 5.41. The van der Waals surface area contributed by atoms with Crippen LogP contribution in [0.1, 0.15) is 36.9 Å². The molecule has 0 amide bonds. The van der Waals surface area contributed by atoms with Gasteiger partial charge >= 0.3 is 0 Å². The summed E-state index contributed by atoms with van der Waals surface area (Å²) in [5.41, 5.74) is 2.49. The topological polar surface area (TPSA) is 30.5 Å². The number of halogens is 1. The van der Waals surface area contributed by atoms with Crippen molar-refractivity contribution in [2.24, 2.45) is 0 Å². The molecule has 0 aliphatic rings. The van der Waals surface area contributed by atoms with Crippen LogP contribution >= 0.6 is 15.9 Å². The van der Waals surface area contributed by atoms with E-state index in [-0.39, 0.29) is 0 Å². The number of ether oxygens (including phenoxy) is 2. The van der Waals surface area contributed by atoms with Gasteiger partial charge in [0.05, 0.1) is 18.7 Å². The Bertz CT molecular complexity index is 616. The van der Waals surface area contributed by atoms with Gasteiger partial charge in [-0.1, -0.05) is 43.7 Å². The molecule has 0 aromatic heterocycles. The molecular formula is C19H24BrNO2. The molecule has 23 heavy (non-hydrogen) atoms. The number of benzene rings is 2. The standard InChI is InChI=1S/C19H24BrNO2/c1-4-8-17(15-9-6-5-7-10-15)21-13-14-11-16(20)19(23-3)18(12-14)22-2/h5-7,9-12,17,21H,4,8,13H2,1-3H3. The maximum absolute atomic E-state index is 5.41. The van der Waals surface area contributed by atoms with Crippen molar-refractivity contribution in [3.63, 3.8) is 0 Å². The van der Waals surface area contributed by atoms with Crippen LogP contribution in [0, 0.1) is 0 Å². The number of rotatable bonds is 8. The fourth-order valence-corrected chi connectivity index (χ4v) is 3.33. The number of hydrogen-bond acceptors (Lipinski definition) is 3. The second kappa shape index (κ2) is 8.94. The third kappa shape index (κ3) is 4.72. The lowest BCUT2D eigenvalue weighted by atomic mass is 10.0. The smallest absolute Gasteiger partial charge is 0.174 e. The molecule has 124 valence electrons. The molecule has 1 N–H and O–H groups in total. The summed E-state index contributed by atoms with van der Waals surface area (Å²) in [6.07, 6.45) is 2.25. The fourth-order valence-electron chi connectivity index (χ4n) is 2.68. The van der Waals surface area contributed by atoms with Gasteiger partial charge in [-0.2, -0.15) is 0 Å². The molecule has 1 atom stereocenters. The van der Waals surface area contributed by atoms with Crippen LogP contribution in [0.3, 0.4) is 0 Å². The molecule has 0 saturated heterocycles. The Morgan fingerprint density at radius 2 is 1.83 bits per heavy atom. The molecule has 0 saturated carbocycles. The highest BCUT2D eigenvalue weighted by Gasteiger charge is 2.13. The predicted octanol–water partition coefficient (Wildman–Crippen LogP) is 5.10. The predicted molar refractivity (Wildman–Crippen MR) is 98.2 cm³/mol. The van der Waals surface area contributed by atoms with Crippen molar-refractivity contribution in [2.45, 2.75) is 32.4 Å². The van der Waals surface area contributed by atoms with Crippen LogP contribution in [0.15, 0.2) is 46.9 Å². The Labute approximate surface area is 147 Å². The average Bonchev–Trinajstić information content (AvgIpc) is 2.58. The summed E-state index contributed by atoms with van der Waals surface area (Å²) in [6, 6.07) is 15.0. The molecule has 0 spiro atoms. The van der Waals surface area contributed by atoms with Crippen LogP contribution in [-0.4, -0.2) is 14.2 Å². The van der Waals surface area contributed by atoms with E-state index < -0.39 is 0 Å². The summed E-state index contributed by atoms with van der Waals surface area (Å²) < 4.78 is 11.7. The highest BCUT2D eigenvalue weighted by Crippen LogP contribution is 2.36. The van der Waals surface area contributed by atoms with E-state index in [2.05, 4.69) is 64.6 Å². The lowest BCUT2D eigenvalue weighted by Gasteiger charge is -2.19. The molecule has 2 aromatic carbocycles. The first kappa shape index (κ1) is 17.8. The molecule has 0 aliphatic heterocycles. The van der Waals surface area contributed by atoms with Gasteiger partial charge < -0.3 is 14.8 Å². The Morgan fingerprint density at radius 1 is 1.09 bits per heavy atom. The average molecular weight is 378 g/mol. The summed E-state index contributed by atoms with van der Waals surface area (Å²) in [5, 5.41) is 3.65. The van der Waals surface area contributed by atoms with E-state index in [0.717, 1.165) is 40.9 Å². The molecule has 3 nitrogen and oxygen atoms in total. The number of nitrogens with one attached hydrogen (secondary N) is 1. The molecule has 0 fully saturated rings. The minimum absolute atomic E-state index is 0.355. The van der Waals surface area contributed by atoms with Crippen molar-refractivity contribution in [1.82, 2.24) is 5.32 Å². The zero-order valence-corrected chi connectivity index (χ0v) is 15.5. The second-order valence-electron chi connectivity index (χ2n) is 5.45. The van der Waals surface area contributed by atoms with Crippen molar-refractivity contribution in [1.29, 1.82) is 0 Å². The fraction of sp³-hybridized carbons (Fsp3) is 0.368. The molecule has 0 bridgehead atoms. The Hall–Kier alpha value is -1.52. The van der Waals surface area contributed by atoms with Crippen molar-refractivity contribution >= 4 is 15.9 Å². The summed E-state index contributed by atoms with van der Waals surface area (Å²) in [6.45, 7) is 2.99. The minimum Gasteiger partial charge on any atom is -0.493 e. The summed E-state index contributed by atoms with van der Waals surface area (Å²) in [5.74, 6) is 1.47. The Morgan fingerprint density at radius 3 is 2.43 bits per heavy atom. The normalized spacial score (nSPS) is 12.0. The van der Waals surface area contributed by atoms with E-state index in [9.17, 15) is 0 Å². The van der Waals surface area contributed by atoms with Crippen molar-refractivity contribution < 1.29 is 9.47 Å². The highest BCUT2D eigenvalue weighted by molar-refractivity contribution is 9.10. The van der Waals surface area contributed by atoms with Crippen LogP contribution < -0.4 is 14.8 Å². The van der Waals surface area contributed by atoms with Gasteiger partial charge in [-0.15, -0.1) is 0 Å². The van der Waals surface area contributed by atoms with Crippen LogP contribution in [0.4, 0.5) is 0 Å². The van der Waals surface area contributed by atoms with Crippen molar-refractivity contribution in [3.05, 3.63) is 58.1 Å². The van der Waals surface area contributed by atoms with E-state index in [0.29, 0.717) is 6.04 Å². The lowest BCUT2D eigenvalue weighted by molar-refractivity contribution is 0.352. The van der Waals surface area contributed by atoms with Gasteiger partial charge in [0, 0.05) is 12.6 Å². The van der Waals surface area contributed by atoms with Gasteiger partial charge in [-0.3, -0.25) is 0 Å². The molecule has 0 aliphatic carbocycles. The maximum Gasteiger partial charge on any atom is 0.174 e. The first-order chi connectivity index (χ1) is 11.2. The molecule has 0 radical (unpaired) electrons. The summed E-state index contributed by atoms with van der Waals surface area (Å²) >= 11 is 3.55. The van der Waals surface area contributed by atoms with Gasteiger partial charge in [0.1, 0.15) is 0 Å². The highest BCUT2D eigenvalue weighted by atomic mass is 79.9. The molecule has 0 heterocycles. The molecular weight excluding hydrogens is 354 g/mol. The van der Waals surface area contributed by atoms with Gasteiger partial charge in [0.25, 0.3) is 0 Å². The SMILES string of the molecule is CCCC(NCc1cc(Br)c(OC)c(OC)c1)c1ccccc1. The summed E-state index contributed by atoms with van der Waals surface area (Å²) in [4.78, 5) is 0. The van der Waals surface area contributed by atoms with Crippen LogP contribution in [0.5, 0.6) is 11.5 Å². The first-order valence-electron chi connectivity index (χ1n) is 7.88. The Balaban J connectivity index is 2.13. The van der Waals surface area contributed by atoms with Crippen LogP contribution in [-0.2, 0) is 6.54 Å². The molecule has 2 aromatic rings. The quantitative estimate of drug-likeness (QED) is 0.694. The van der Waals surface area contributed by atoms with E-state index in [1.165, 1.54) is 5.56 Å².